The van der Waals surface area contributed by atoms with Gasteiger partial charge in [0.25, 0.3) is 0 Å². The molecule has 82 valence electrons. The molecule has 0 aliphatic rings. The van der Waals surface area contributed by atoms with Crippen molar-refractivity contribution in [3.05, 3.63) is 39.7 Å². The summed E-state index contributed by atoms with van der Waals surface area (Å²) in [6.07, 6.45) is 1.22. The Labute approximate surface area is 102 Å². The lowest BCUT2D eigenvalue weighted by atomic mass is 10.3. The molecule has 1 N–H and O–H groups in total. The largest absolute Gasteiger partial charge is 0.488 e. The molecule has 1 atom stereocenters. The lowest BCUT2D eigenvalue weighted by molar-refractivity contribution is 0.242. The summed E-state index contributed by atoms with van der Waals surface area (Å²) >= 11 is 2.09. The molecule has 0 aromatic heterocycles. The zero-order valence-electron chi connectivity index (χ0n) is 8.28. The van der Waals surface area contributed by atoms with Gasteiger partial charge in [0.15, 0.2) is 0 Å². The summed E-state index contributed by atoms with van der Waals surface area (Å²) < 4.78 is 18.8. The minimum atomic E-state index is -0.478. The van der Waals surface area contributed by atoms with Gasteiger partial charge in [0.05, 0.1) is 6.10 Å². The highest BCUT2D eigenvalue weighted by atomic mass is 127. The second-order valence-electron chi connectivity index (χ2n) is 3.10. The van der Waals surface area contributed by atoms with E-state index in [-0.39, 0.29) is 5.82 Å². The molecular weight excluding hydrogens is 310 g/mol. The second-order valence-corrected chi connectivity index (χ2v) is 4.48. The van der Waals surface area contributed by atoms with Crippen LogP contribution in [0.5, 0.6) is 5.75 Å². The van der Waals surface area contributed by atoms with Crippen LogP contribution in [0, 0.1) is 5.82 Å². The molecule has 1 aromatic carbocycles. The van der Waals surface area contributed by atoms with Gasteiger partial charge >= 0.3 is 0 Å². The van der Waals surface area contributed by atoms with Crippen molar-refractivity contribution in [3.63, 3.8) is 0 Å². The zero-order valence-corrected chi connectivity index (χ0v) is 10.4. The maximum Gasteiger partial charge on any atom is 0.123 e. The van der Waals surface area contributed by atoms with Gasteiger partial charge in [-0.3, -0.25) is 0 Å². The Morgan fingerprint density at radius 1 is 1.53 bits per heavy atom. The van der Waals surface area contributed by atoms with E-state index >= 15 is 0 Å². The Morgan fingerprint density at radius 2 is 2.13 bits per heavy atom. The van der Waals surface area contributed by atoms with Crippen LogP contribution < -0.4 is 4.74 Å². The van der Waals surface area contributed by atoms with Gasteiger partial charge in [0, 0.05) is 3.58 Å². The van der Waals surface area contributed by atoms with Crippen LogP contribution >= 0.6 is 22.6 Å². The predicted octanol–water partition coefficient (Wildman–Crippen LogP) is 2.90. The van der Waals surface area contributed by atoms with E-state index in [4.69, 9.17) is 9.84 Å². The molecule has 0 saturated heterocycles. The molecule has 1 unspecified atom stereocenters. The third kappa shape index (κ3) is 5.13. The summed E-state index contributed by atoms with van der Waals surface area (Å²) in [5.41, 5.74) is 0. The topological polar surface area (TPSA) is 29.5 Å². The molecule has 0 radical (unpaired) electrons. The minimum absolute atomic E-state index is 0.281. The van der Waals surface area contributed by atoms with Crippen molar-refractivity contribution in [2.24, 2.45) is 0 Å². The summed E-state index contributed by atoms with van der Waals surface area (Å²) in [4.78, 5) is 0. The highest BCUT2D eigenvalue weighted by Gasteiger charge is 1.98. The van der Waals surface area contributed by atoms with Crippen molar-refractivity contribution in [2.75, 3.05) is 6.61 Å². The minimum Gasteiger partial charge on any atom is -0.488 e. The third-order valence-corrected chi connectivity index (χ3v) is 2.28. The van der Waals surface area contributed by atoms with Gasteiger partial charge < -0.3 is 9.84 Å². The Bertz CT molecular complexity index is 333. The SMILES string of the molecule is CC(O)/C=C(\I)COc1ccc(F)cc1. The Kier molecular flexibility index (Phi) is 5.04. The molecule has 0 spiro atoms. The number of rotatable bonds is 4. The van der Waals surface area contributed by atoms with Crippen LogP contribution in [0.3, 0.4) is 0 Å². The first kappa shape index (κ1) is 12.4. The van der Waals surface area contributed by atoms with Crippen LogP contribution in [0.15, 0.2) is 33.9 Å². The number of aliphatic hydroxyl groups is 1. The van der Waals surface area contributed by atoms with Crippen molar-refractivity contribution in [2.45, 2.75) is 13.0 Å². The maximum absolute atomic E-state index is 12.6. The second kappa shape index (κ2) is 6.07. The molecule has 1 rings (SSSR count). The summed E-state index contributed by atoms with van der Waals surface area (Å²) in [5, 5.41) is 9.07. The quantitative estimate of drug-likeness (QED) is 0.864. The molecule has 0 heterocycles. The fraction of sp³-hybridized carbons (Fsp3) is 0.273. The fourth-order valence-electron chi connectivity index (χ4n) is 0.993. The molecule has 4 heteroatoms. The Balaban J connectivity index is 2.47. The first-order chi connectivity index (χ1) is 7.08. The predicted molar refractivity (Wildman–Crippen MR) is 65.7 cm³/mol. The average molecular weight is 322 g/mol. The molecule has 0 aliphatic carbocycles. The van der Waals surface area contributed by atoms with E-state index in [2.05, 4.69) is 22.6 Å². The standard InChI is InChI=1S/C11H12FIO2/c1-8(14)6-10(13)7-15-11-4-2-9(12)3-5-11/h2-6,8,14H,7H2,1H3/b10-6-. The Morgan fingerprint density at radius 3 is 2.67 bits per heavy atom. The number of aliphatic hydroxyl groups excluding tert-OH is 1. The van der Waals surface area contributed by atoms with Crippen LogP contribution in [-0.4, -0.2) is 17.8 Å². The molecule has 0 aliphatic heterocycles. The van der Waals surface area contributed by atoms with E-state index in [9.17, 15) is 4.39 Å². The van der Waals surface area contributed by atoms with Gasteiger partial charge in [-0.1, -0.05) is 0 Å². The maximum atomic E-state index is 12.6. The normalized spacial score (nSPS) is 13.7. The van der Waals surface area contributed by atoms with Crippen LogP contribution in [-0.2, 0) is 0 Å². The summed E-state index contributed by atoms with van der Waals surface area (Å²) in [6, 6.07) is 5.84. The monoisotopic (exact) mass is 322 g/mol. The smallest absolute Gasteiger partial charge is 0.123 e. The molecule has 0 fully saturated rings. The van der Waals surface area contributed by atoms with Crippen molar-refractivity contribution < 1.29 is 14.2 Å². The van der Waals surface area contributed by atoms with Gasteiger partial charge in [-0.25, -0.2) is 4.39 Å². The van der Waals surface area contributed by atoms with Gasteiger partial charge in [0.1, 0.15) is 18.2 Å². The Hall–Kier alpha value is -0.620. The lowest BCUT2D eigenvalue weighted by Gasteiger charge is -2.05. The average Bonchev–Trinajstić information content (AvgIpc) is 2.16. The van der Waals surface area contributed by atoms with E-state index in [1.165, 1.54) is 12.1 Å². The van der Waals surface area contributed by atoms with Crippen LogP contribution in [0.2, 0.25) is 0 Å². The van der Waals surface area contributed by atoms with Crippen LogP contribution in [0.4, 0.5) is 4.39 Å². The van der Waals surface area contributed by atoms with Crippen molar-refractivity contribution in [1.82, 2.24) is 0 Å². The highest BCUT2D eigenvalue weighted by molar-refractivity contribution is 14.1. The lowest BCUT2D eigenvalue weighted by Crippen LogP contribution is -2.01. The van der Waals surface area contributed by atoms with E-state index in [1.54, 1.807) is 25.1 Å². The molecule has 1 aromatic rings. The van der Waals surface area contributed by atoms with Crippen LogP contribution in [0.25, 0.3) is 0 Å². The number of benzene rings is 1. The van der Waals surface area contributed by atoms with Crippen molar-refractivity contribution >= 4 is 22.6 Å². The van der Waals surface area contributed by atoms with E-state index in [0.29, 0.717) is 12.4 Å². The van der Waals surface area contributed by atoms with E-state index in [0.717, 1.165) is 3.58 Å². The molecule has 0 bridgehead atoms. The summed E-state index contributed by atoms with van der Waals surface area (Å²) in [7, 11) is 0. The third-order valence-electron chi connectivity index (χ3n) is 1.61. The molecule has 15 heavy (non-hydrogen) atoms. The van der Waals surface area contributed by atoms with E-state index in [1.807, 2.05) is 0 Å². The number of hydrogen-bond donors (Lipinski definition) is 1. The fourth-order valence-corrected chi connectivity index (χ4v) is 1.67. The summed E-state index contributed by atoms with van der Waals surface area (Å²) in [5.74, 6) is 0.334. The molecule has 0 amide bonds. The van der Waals surface area contributed by atoms with E-state index < -0.39 is 6.10 Å². The van der Waals surface area contributed by atoms with Gasteiger partial charge in [-0.15, -0.1) is 0 Å². The van der Waals surface area contributed by atoms with Gasteiger partial charge in [0.2, 0.25) is 0 Å². The molecule has 2 nitrogen and oxygen atoms in total. The van der Waals surface area contributed by atoms with Crippen molar-refractivity contribution in [1.29, 1.82) is 0 Å². The zero-order chi connectivity index (χ0) is 11.3. The number of ether oxygens (including phenoxy) is 1. The first-order valence-electron chi connectivity index (χ1n) is 4.50. The van der Waals surface area contributed by atoms with Crippen LogP contribution in [0.1, 0.15) is 6.92 Å². The highest BCUT2D eigenvalue weighted by Crippen LogP contribution is 2.14. The number of halogens is 2. The number of hydrogen-bond acceptors (Lipinski definition) is 2. The first-order valence-corrected chi connectivity index (χ1v) is 5.58. The van der Waals surface area contributed by atoms with Gasteiger partial charge in [-0.05, 0) is 59.9 Å². The molecule has 0 saturated carbocycles. The molecular formula is C11H12FIO2. The van der Waals surface area contributed by atoms with Crippen molar-refractivity contribution in [3.8, 4) is 5.75 Å². The summed E-state index contributed by atoms with van der Waals surface area (Å²) in [6.45, 7) is 2.06. The van der Waals surface area contributed by atoms with Gasteiger partial charge in [-0.2, -0.15) is 0 Å².